The molecule has 106 valence electrons. The standard InChI is InChI=1S/C13H27N3OS/c1-4-17-11-5-8-14-13(18)16(3)12-6-9-15(2)10-7-12/h12H,4-11H2,1-3H3,(H,14,18). The molecule has 0 aliphatic carbocycles. The minimum absolute atomic E-state index is 0.591. The van der Waals surface area contributed by atoms with E-state index >= 15 is 0 Å². The minimum atomic E-state index is 0.591. The zero-order chi connectivity index (χ0) is 13.4. The van der Waals surface area contributed by atoms with Crippen molar-refractivity contribution in [3.05, 3.63) is 0 Å². The van der Waals surface area contributed by atoms with Crippen molar-refractivity contribution in [1.82, 2.24) is 15.1 Å². The zero-order valence-electron chi connectivity index (χ0n) is 11.9. The molecule has 0 spiro atoms. The maximum atomic E-state index is 5.43. The number of nitrogens with zero attached hydrogens (tertiary/aromatic N) is 2. The first-order valence-corrected chi connectivity index (χ1v) is 7.33. The average Bonchev–Trinajstić information content (AvgIpc) is 2.38. The zero-order valence-corrected chi connectivity index (χ0v) is 12.8. The SMILES string of the molecule is CCOCCCNC(=S)N(C)C1CCN(C)CC1. The normalized spacial score (nSPS) is 17.7. The average molecular weight is 273 g/mol. The number of thiocarbonyl (C=S) groups is 1. The topological polar surface area (TPSA) is 27.7 Å². The predicted octanol–water partition coefficient (Wildman–Crippen LogP) is 1.31. The summed E-state index contributed by atoms with van der Waals surface area (Å²) in [5, 5.41) is 4.19. The van der Waals surface area contributed by atoms with Crippen molar-refractivity contribution in [2.75, 3.05) is 46.9 Å². The van der Waals surface area contributed by atoms with E-state index in [4.69, 9.17) is 17.0 Å². The van der Waals surface area contributed by atoms with Crippen LogP contribution in [0, 0.1) is 0 Å². The van der Waals surface area contributed by atoms with Crippen LogP contribution < -0.4 is 5.32 Å². The van der Waals surface area contributed by atoms with Gasteiger partial charge in [0.2, 0.25) is 0 Å². The molecule has 1 N–H and O–H groups in total. The maximum absolute atomic E-state index is 5.43. The summed E-state index contributed by atoms with van der Waals surface area (Å²) >= 11 is 5.43. The highest BCUT2D eigenvalue weighted by Crippen LogP contribution is 2.14. The van der Waals surface area contributed by atoms with Crippen LogP contribution >= 0.6 is 12.2 Å². The molecular weight excluding hydrogens is 246 g/mol. The van der Waals surface area contributed by atoms with Crippen molar-refractivity contribution in [2.24, 2.45) is 0 Å². The van der Waals surface area contributed by atoms with Crippen LogP contribution in [0.1, 0.15) is 26.2 Å². The van der Waals surface area contributed by atoms with Gasteiger partial charge in [0, 0.05) is 32.8 Å². The van der Waals surface area contributed by atoms with Gasteiger partial charge in [0.05, 0.1) is 0 Å². The molecule has 4 nitrogen and oxygen atoms in total. The Morgan fingerprint density at radius 3 is 2.72 bits per heavy atom. The fraction of sp³-hybridized carbons (Fsp3) is 0.923. The molecule has 1 heterocycles. The van der Waals surface area contributed by atoms with E-state index in [2.05, 4.69) is 29.2 Å². The second kappa shape index (κ2) is 8.67. The summed E-state index contributed by atoms with van der Waals surface area (Å²) in [4.78, 5) is 4.60. The molecule has 0 aromatic rings. The van der Waals surface area contributed by atoms with Crippen LogP contribution in [0.2, 0.25) is 0 Å². The summed E-state index contributed by atoms with van der Waals surface area (Å²) < 4.78 is 5.30. The number of hydrogen-bond donors (Lipinski definition) is 1. The molecule has 0 aromatic heterocycles. The molecular formula is C13H27N3OS. The van der Waals surface area contributed by atoms with Gasteiger partial charge in [-0.15, -0.1) is 0 Å². The van der Waals surface area contributed by atoms with Crippen molar-refractivity contribution in [2.45, 2.75) is 32.2 Å². The molecule has 0 amide bonds. The monoisotopic (exact) mass is 273 g/mol. The van der Waals surface area contributed by atoms with Gasteiger partial charge in [-0.25, -0.2) is 0 Å². The number of piperidine rings is 1. The Labute approximate surface area is 117 Å². The molecule has 1 saturated heterocycles. The van der Waals surface area contributed by atoms with E-state index in [1.807, 2.05) is 6.92 Å². The van der Waals surface area contributed by atoms with E-state index in [0.717, 1.165) is 31.3 Å². The fourth-order valence-electron chi connectivity index (χ4n) is 2.19. The number of hydrogen-bond acceptors (Lipinski definition) is 3. The lowest BCUT2D eigenvalue weighted by molar-refractivity contribution is 0.145. The lowest BCUT2D eigenvalue weighted by atomic mass is 10.0. The number of ether oxygens (including phenoxy) is 1. The quantitative estimate of drug-likeness (QED) is 0.582. The van der Waals surface area contributed by atoms with Gasteiger partial charge in [0.1, 0.15) is 0 Å². The molecule has 0 atom stereocenters. The van der Waals surface area contributed by atoms with E-state index in [1.54, 1.807) is 0 Å². The first-order chi connectivity index (χ1) is 8.65. The summed E-state index contributed by atoms with van der Waals surface area (Å²) in [6, 6.07) is 0.591. The third-order valence-electron chi connectivity index (χ3n) is 3.50. The van der Waals surface area contributed by atoms with Crippen LogP contribution in [0.25, 0.3) is 0 Å². The highest BCUT2D eigenvalue weighted by Gasteiger charge is 2.21. The molecule has 1 fully saturated rings. The predicted molar refractivity (Wildman–Crippen MR) is 80.0 cm³/mol. The Hall–Kier alpha value is -0.390. The van der Waals surface area contributed by atoms with Crippen molar-refractivity contribution in [3.8, 4) is 0 Å². The van der Waals surface area contributed by atoms with Gasteiger partial charge in [0.15, 0.2) is 5.11 Å². The molecule has 0 radical (unpaired) electrons. The van der Waals surface area contributed by atoms with Crippen LogP contribution in [0.5, 0.6) is 0 Å². The van der Waals surface area contributed by atoms with Crippen LogP contribution in [-0.2, 0) is 4.74 Å². The van der Waals surface area contributed by atoms with Crippen molar-refractivity contribution in [3.63, 3.8) is 0 Å². The molecule has 0 unspecified atom stereocenters. The van der Waals surface area contributed by atoms with Gasteiger partial charge >= 0.3 is 0 Å². The molecule has 0 saturated carbocycles. The Morgan fingerprint density at radius 1 is 1.44 bits per heavy atom. The van der Waals surface area contributed by atoms with E-state index in [0.29, 0.717) is 6.04 Å². The van der Waals surface area contributed by atoms with Crippen molar-refractivity contribution >= 4 is 17.3 Å². The van der Waals surface area contributed by atoms with E-state index in [-0.39, 0.29) is 0 Å². The first kappa shape index (κ1) is 15.7. The van der Waals surface area contributed by atoms with Gasteiger partial charge in [-0.2, -0.15) is 0 Å². The van der Waals surface area contributed by atoms with E-state index in [1.165, 1.54) is 25.9 Å². The van der Waals surface area contributed by atoms with Crippen molar-refractivity contribution in [1.29, 1.82) is 0 Å². The van der Waals surface area contributed by atoms with E-state index in [9.17, 15) is 0 Å². The van der Waals surface area contributed by atoms with Gasteiger partial charge in [-0.3, -0.25) is 0 Å². The highest BCUT2D eigenvalue weighted by atomic mass is 32.1. The Morgan fingerprint density at radius 2 is 2.11 bits per heavy atom. The number of rotatable bonds is 6. The number of likely N-dealkylation sites (tertiary alicyclic amines) is 1. The molecule has 0 bridgehead atoms. The summed E-state index contributed by atoms with van der Waals surface area (Å²) in [6.45, 7) is 6.86. The van der Waals surface area contributed by atoms with Crippen LogP contribution in [0.3, 0.4) is 0 Å². The molecule has 1 rings (SSSR count). The summed E-state index contributed by atoms with van der Waals surface area (Å²) in [7, 11) is 4.29. The smallest absolute Gasteiger partial charge is 0.168 e. The second-order valence-corrected chi connectivity index (χ2v) is 5.31. The lowest BCUT2D eigenvalue weighted by Gasteiger charge is -2.36. The van der Waals surface area contributed by atoms with Gasteiger partial charge < -0.3 is 19.9 Å². The summed E-state index contributed by atoms with van der Waals surface area (Å²) in [5.41, 5.74) is 0. The van der Waals surface area contributed by atoms with Gasteiger partial charge in [0.25, 0.3) is 0 Å². The van der Waals surface area contributed by atoms with Gasteiger partial charge in [-0.05, 0) is 58.5 Å². The fourth-order valence-corrected chi connectivity index (χ4v) is 2.44. The molecule has 0 aromatic carbocycles. The maximum Gasteiger partial charge on any atom is 0.168 e. The summed E-state index contributed by atoms with van der Waals surface area (Å²) in [5.74, 6) is 0. The second-order valence-electron chi connectivity index (χ2n) is 4.93. The minimum Gasteiger partial charge on any atom is -0.382 e. The number of nitrogens with one attached hydrogen (secondary N) is 1. The van der Waals surface area contributed by atoms with Crippen LogP contribution in [0.4, 0.5) is 0 Å². The third-order valence-corrected chi connectivity index (χ3v) is 3.93. The third kappa shape index (κ3) is 5.50. The van der Waals surface area contributed by atoms with Crippen molar-refractivity contribution < 1.29 is 4.74 Å². The lowest BCUT2D eigenvalue weighted by Crippen LogP contribution is -2.48. The Balaban J connectivity index is 2.16. The largest absolute Gasteiger partial charge is 0.382 e. The van der Waals surface area contributed by atoms with Gasteiger partial charge in [-0.1, -0.05) is 0 Å². The highest BCUT2D eigenvalue weighted by molar-refractivity contribution is 7.80. The van der Waals surface area contributed by atoms with Crippen LogP contribution in [-0.4, -0.2) is 67.9 Å². The molecule has 1 aliphatic rings. The first-order valence-electron chi connectivity index (χ1n) is 6.92. The Bertz CT molecular complexity index is 242. The molecule has 18 heavy (non-hydrogen) atoms. The molecule has 1 aliphatic heterocycles. The Kier molecular flexibility index (Phi) is 7.54. The molecule has 5 heteroatoms. The van der Waals surface area contributed by atoms with Crippen LogP contribution in [0.15, 0.2) is 0 Å². The van der Waals surface area contributed by atoms with E-state index < -0.39 is 0 Å². The summed E-state index contributed by atoms with van der Waals surface area (Å²) in [6.07, 6.45) is 3.41.